The second-order valence-electron chi connectivity index (χ2n) is 4.23. The predicted octanol–water partition coefficient (Wildman–Crippen LogP) is 1.74. The molecule has 0 saturated carbocycles. The molecule has 1 rings (SSSR count). The molecule has 0 fully saturated rings. The monoisotopic (exact) mass is 252 g/mol. The fourth-order valence-corrected chi connectivity index (χ4v) is 1.35. The quantitative estimate of drug-likeness (QED) is 0.685. The van der Waals surface area contributed by atoms with Crippen molar-refractivity contribution in [3.63, 3.8) is 0 Å². The molecule has 0 aliphatic heterocycles. The van der Waals surface area contributed by atoms with Crippen LogP contribution >= 0.6 is 0 Å². The van der Waals surface area contributed by atoms with Gasteiger partial charge in [-0.05, 0) is 13.3 Å². The summed E-state index contributed by atoms with van der Waals surface area (Å²) in [6.07, 6.45) is 1.02. The maximum atomic E-state index is 10.7. The van der Waals surface area contributed by atoms with Crippen LogP contribution in [0, 0.1) is 12.8 Å². The molecule has 0 aliphatic rings. The molecule has 1 atom stereocenters. The molecule has 18 heavy (non-hydrogen) atoms. The zero-order valence-electron chi connectivity index (χ0n) is 11.0. The van der Waals surface area contributed by atoms with Gasteiger partial charge in [-0.1, -0.05) is 13.8 Å². The predicted molar refractivity (Wildman–Crippen MR) is 70.8 cm³/mol. The molecule has 1 heterocycles. The Labute approximate surface area is 107 Å². The molecule has 0 aromatic carbocycles. The highest BCUT2D eigenvalue weighted by atomic mass is 16.4. The van der Waals surface area contributed by atoms with E-state index in [9.17, 15) is 4.79 Å². The van der Waals surface area contributed by atoms with Gasteiger partial charge in [-0.2, -0.15) is 0 Å². The van der Waals surface area contributed by atoms with Crippen LogP contribution in [0.1, 0.15) is 26.1 Å². The molecule has 0 aliphatic carbocycles. The van der Waals surface area contributed by atoms with Crippen molar-refractivity contribution in [1.82, 2.24) is 9.97 Å². The van der Waals surface area contributed by atoms with Gasteiger partial charge in [-0.3, -0.25) is 4.79 Å². The van der Waals surface area contributed by atoms with Crippen LogP contribution in [0.15, 0.2) is 6.07 Å². The average molecular weight is 252 g/mol. The Bertz CT molecular complexity index is 409. The normalized spacial score (nSPS) is 11.9. The summed E-state index contributed by atoms with van der Waals surface area (Å²) in [6, 6.07) is 1.79. The zero-order valence-corrected chi connectivity index (χ0v) is 11.0. The highest BCUT2D eigenvalue weighted by Gasteiger charge is 2.10. The molecule has 0 bridgehead atoms. The van der Waals surface area contributed by atoms with Gasteiger partial charge in [0.1, 0.15) is 17.5 Å². The molecule has 0 spiro atoms. The van der Waals surface area contributed by atoms with Crippen molar-refractivity contribution in [2.45, 2.75) is 27.2 Å². The molecule has 0 radical (unpaired) electrons. The molecule has 0 saturated heterocycles. The van der Waals surface area contributed by atoms with Crippen LogP contribution in [-0.2, 0) is 4.79 Å². The topological polar surface area (TPSA) is 87.1 Å². The number of carboxylic acids is 1. The number of nitrogens with zero attached hydrogens (tertiary/aromatic N) is 2. The van der Waals surface area contributed by atoms with E-state index in [1.54, 1.807) is 13.0 Å². The number of carboxylic acid groups (broad SMARTS) is 1. The minimum absolute atomic E-state index is 0.346. The molecule has 0 amide bonds. The maximum Gasteiger partial charge on any atom is 0.308 e. The van der Waals surface area contributed by atoms with Crippen LogP contribution in [0.2, 0.25) is 0 Å². The lowest BCUT2D eigenvalue weighted by Crippen LogP contribution is -2.20. The van der Waals surface area contributed by atoms with Gasteiger partial charge in [-0.25, -0.2) is 9.97 Å². The minimum atomic E-state index is -0.822. The van der Waals surface area contributed by atoms with Crippen molar-refractivity contribution < 1.29 is 9.90 Å². The number of nitrogens with one attached hydrogen (secondary N) is 2. The van der Waals surface area contributed by atoms with Gasteiger partial charge in [-0.15, -0.1) is 0 Å². The van der Waals surface area contributed by atoms with Crippen molar-refractivity contribution >= 4 is 17.6 Å². The lowest BCUT2D eigenvalue weighted by Gasteiger charge is -2.11. The Balaban J connectivity index is 2.64. The SMILES string of the molecule is CCCNc1cc(NCC(C)C(=O)O)nc(C)n1. The Hall–Kier alpha value is -1.85. The number of aliphatic carboxylic acids is 1. The summed E-state index contributed by atoms with van der Waals surface area (Å²) in [5, 5.41) is 15.0. The molecular weight excluding hydrogens is 232 g/mol. The second kappa shape index (κ2) is 6.78. The van der Waals surface area contributed by atoms with Crippen molar-refractivity contribution in [2.75, 3.05) is 23.7 Å². The van der Waals surface area contributed by atoms with Crippen LogP contribution in [-0.4, -0.2) is 34.1 Å². The van der Waals surface area contributed by atoms with Crippen molar-refractivity contribution in [3.8, 4) is 0 Å². The van der Waals surface area contributed by atoms with Gasteiger partial charge in [0.2, 0.25) is 0 Å². The van der Waals surface area contributed by atoms with E-state index < -0.39 is 11.9 Å². The molecule has 3 N–H and O–H groups in total. The highest BCUT2D eigenvalue weighted by Crippen LogP contribution is 2.11. The third-order valence-electron chi connectivity index (χ3n) is 2.41. The third kappa shape index (κ3) is 4.57. The summed E-state index contributed by atoms with van der Waals surface area (Å²) < 4.78 is 0. The lowest BCUT2D eigenvalue weighted by molar-refractivity contribution is -0.140. The average Bonchev–Trinajstić information content (AvgIpc) is 2.32. The van der Waals surface area contributed by atoms with Crippen LogP contribution in [0.4, 0.5) is 11.6 Å². The summed E-state index contributed by atoms with van der Waals surface area (Å²) in [6.45, 7) is 6.73. The summed E-state index contributed by atoms with van der Waals surface area (Å²) in [4.78, 5) is 19.2. The Morgan fingerprint density at radius 3 is 2.56 bits per heavy atom. The third-order valence-corrected chi connectivity index (χ3v) is 2.41. The summed E-state index contributed by atoms with van der Waals surface area (Å²) in [7, 11) is 0. The van der Waals surface area contributed by atoms with Gasteiger partial charge in [0, 0.05) is 19.2 Å². The van der Waals surface area contributed by atoms with E-state index in [2.05, 4.69) is 27.5 Å². The molecule has 6 nitrogen and oxygen atoms in total. The second-order valence-corrected chi connectivity index (χ2v) is 4.23. The van der Waals surface area contributed by atoms with E-state index in [1.165, 1.54) is 0 Å². The van der Waals surface area contributed by atoms with Crippen LogP contribution in [0.3, 0.4) is 0 Å². The first kappa shape index (κ1) is 14.2. The number of anilines is 2. The number of rotatable bonds is 7. The fourth-order valence-electron chi connectivity index (χ4n) is 1.35. The summed E-state index contributed by atoms with van der Waals surface area (Å²) in [5.41, 5.74) is 0. The van der Waals surface area contributed by atoms with Crippen LogP contribution < -0.4 is 10.6 Å². The minimum Gasteiger partial charge on any atom is -0.481 e. The van der Waals surface area contributed by atoms with Crippen LogP contribution in [0.25, 0.3) is 0 Å². The first-order valence-corrected chi connectivity index (χ1v) is 6.09. The van der Waals surface area contributed by atoms with Gasteiger partial charge in [0.05, 0.1) is 5.92 Å². The number of aromatic nitrogens is 2. The molecule has 100 valence electrons. The van der Waals surface area contributed by atoms with E-state index in [4.69, 9.17) is 5.11 Å². The molecule has 1 aromatic rings. The van der Waals surface area contributed by atoms with Gasteiger partial charge < -0.3 is 15.7 Å². The van der Waals surface area contributed by atoms with Crippen LogP contribution in [0.5, 0.6) is 0 Å². The van der Waals surface area contributed by atoms with Crippen molar-refractivity contribution in [2.24, 2.45) is 5.92 Å². The Morgan fingerprint density at radius 1 is 1.39 bits per heavy atom. The van der Waals surface area contributed by atoms with E-state index in [-0.39, 0.29) is 0 Å². The standard InChI is InChI=1S/C12H20N4O2/c1-4-5-13-10-6-11(16-9(3)15-10)14-7-8(2)12(17)18/h6,8H,4-5,7H2,1-3H3,(H,17,18)(H2,13,14,15,16). The molecule has 6 heteroatoms. The Morgan fingerprint density at radius 2 is 2.00 bits per heavy atom. The van der Waals surface area contributed by atoms with Gasteiger partial charge >= 0.3 is 5.97 Å². The number of hydrogen-bond acceptors (Lipinski definition) is 5. The fraction of sp³-hybridized carbons (Fsp3) is 0.583. The van der Waals surface area contributed by atoms with Crippen molar-refractivity contribution in [1.29, 1.82) is 0 Å². The number of aryl methyl sites for hydroxylation is 1. The van der Waals surface area contributed by atoms with E-state index in [1.807, 2.05) is 6.92 Å². The molecule has 1 aromatic heterocycles. The maximum absolute atomic E-state index is 10.7. The Kier molecular flexibility index (Phi) is 5.35. The lowest BCUT2D eigenvalue weighted by atomic mass is 10.2. The summed E-state index contributed by atoms with van der Waals surface area (Å²) >= 11 is 0. The van der Waals surface area contributed by atoms with Gasteiger partial charge in [0.25, 0.3) is 0 Å². The molecule has 1 unspecified atom stereocenters. The number of carbonyl (C=O) groups is 1. The first-order valence-electron chi connectivity index (χ1n) is 6.09. The van der Waals surface area contributed by atoms with Gasteiger partial charge in [0.15, 0.2) is 0 Å². The number of hydrogen-bond donors (Lipinski definition) is 3. The first-order chi connectivity index (χ1) is 8.52. The highest BCUT2D eigenvalue weighted by molar-refractivity contribution is 5.70. The van der Waals surface area contributed by atoms with E-state index >= 15 is 0 Å². The van der Waals surface area contributed by atoms with E-state index in [0.717, 1.165) is 18.8 Å². The largest absolute Gasteiger partial charge is 0.481 e. The molecular formula is C12H20N4O2. The van der Waals surface area contributed by atoms with E-state index in [0.29, 0.717) is 18.2 Å². The zero-order chi connectivity index (χ0) is 13.5. The summed E-state index contributed by atoms with van der Waals surface area (Å²) in [5.74, 6) is 0.788. The van der Waals surface area contributed by atoms with Crippen molar-refractivity contribution in [3.05, 3.63) is 11.9 Å². The smallest absolute Gasteiger partial charge is 0.308 e.